The summed E-state index contributed by atoms with van der Waals surface area (Å²) in [5, 5.41) is 4.77. The Kier molecular flexibility index (Phi) is 4.52. The van der Waals surface area contributed by atoms with E-state index in [2.05, 4.69) is 10.6 Å². The SMILES string of the molecule is CC(C)C1C(=O)NC(=O)N(CC(=O)NC(C)(C)C)C1=O. The van der Waals surface area contributed by atoms with Gasteiger partial charge in [-0.15, -0.1) is 0 Å². The summed E-state index contributed by atoms with van der Waals surface area (Å²) in [5.41, 5.74) is -0.459. The summed E-state index contributed by atoms with van der Waals surface area (Å²) >= 11 is 0. The highest BCUT2D eigenvalue weighted by Crippen LogP contribution is 2.18. The molecule has 7 heteroatoms. The molecule has 1 saturated heterocycles. The molecule has 0 aromatic rings. The maximum absolute atomic E-state index is 12.2. The number of carbonyl (C=O) groups is 4. The van der Waals surface area contributed by atoms with Gasteiger partial charge < -0.3 is 5.32 Å². The van der Waals surface area contributed by atoms with Crippen molar-refractivity contribution in [3.8, 4) is 0 Å². The summed E-state index contributed by atoms with van der Waals surface area (Å²) in [6.45, 7) is 8.42. The quantitative estimate of drug-likeness (QED) is 0.726. The average molecular weight is 283 g/mol. The van der Waals surface area contributed by atoms with Crippen LogP contribution in [0.25, 0.3) is 0 Å². The van der Waals surface area contributed by atoms with E-state index in [0.29, 0.717) is 0 Å². The largest absolute Gasteiger partial charge is 0.350 e. The molecule has 20 heavy (non-hydrogen) atoms. The van der Waals surface area contributed by atoms with E-state index < -0.39 is 41.8 Å². The van der Waals surface area contributed by atoms with Gasteiger partial charge in [0.25, 0.3) is 0 Å². The maximum Gasteiger partial charge on any atom is 0.331 e. The van der Waals surface area contributed by atoms with Gasteiger partial charge in [-0.3, -0.25) is 24.6 Å². The van der Waals surface area contributed by atoms with Crippen LogP contribution in [0.5, 0.6) is 0 Å². The van der Waals surface area contributed by atoms with Crippen LogP contribution in [-0.4, -0.2) is 40.7 Å². The average Bonchev–Trinajstić information content (AvgIpc) is 2.20. The summed E-state index contributed by atoms with van der Waals surface area (Å²) in [4.78, 5) is 48.1. The molecule has 0 radical (unpaired) electrons. The number of hydrogen-bond acceptors (Lipinski definition) is 4. The number of hydrogen-bond donors (Lipinski definition) is 2. The predicted molar refractivity (Wildman–Crippen MR) is 71.5 cm³/mol. The molecule has 1 heterocycles. The third kappa shape index (κ3) is 3.79. The van der Waals surface area contributed by atoms with Crippen molar-refractivity contribution in [1.29, 1.82) is 0 Å². The van der Waals surface area contributed by atoms with Crippen molar-refractivity contribution < 1.29 is 19.2 Å². The molecule has 1 aliphatic rings. The van der Waals surface area contributed by atoms with Gasteiger partial charge in [0.2, 0.25) is 17.7 Å². The van der Waals surface area contributed by atoms with Crippen LogP contribution in [0.4, 0.5) is 4.79 Å². The second-order valence-corrected chi connectivity index (χ2v) is 6.24. The van der Waals surface area contributed by atoms with Gasteiger partial charge in [-0.1, -0.05) is 13.8 Å². The lowest BCUT2D eigenvalue weighted by Gasteiger charge is -2.32. The van der Waals surface area contributed by atoms with Crippen molar-refractivity contribution in [2.75, 3.05) is 6.54 Å². The number of barbiturate groups is 1. The molecule has 2 N–H and O–H groups in total. The Morgan fingerprint density at radius 3 is 2.30 bits per heavy atom. The second kappa shape index (κ2) is 5.60. The van der Waals surface area contributed by atoms with Crippen molar-refractivity contribution in [3.63, 3.8) is 0 Å². The molecule has 0 saturated carbocycles. The number of imide groups is 2. The van der Waals surface area contributed by atoms with Gasteiger partial charge in [0.1, 0.15) is 12.5 Å². The van der Waals surface area contributed by atoms with Gasteiger partial charge in [0.05, 0.1) is 0 Å². The van der Waals surface area contributed by atoms with Crippen LogP contribution in [0.3, 0.4) is 0 Å². The van der Waals surface area contributed by atoms with Crippen LogP contribution >= 0.6 is 0 Å². The highest BCUT2D eigenvalue weighted by molar-refractivity contribution is 6.17. The van der Waals surface area contributed by atoms with Crippen LogP contribution in [-0.2, 0) is 14.4 Å². The van der Waals surface area contributed by atoms with Gasteiger partial charge in [-0.2, -0.15) is 0 Å². The van der Waals surface area contributed by atoms with E-state index in [0.717, 1.165) is 4.90 Å². The van der Waals surface area contributed by atoms with E-state index in [1.807, 2.05) is 0 Å². The molecule has 0 aromatic heterocycles. The first-order chi connectivity index (χ1) is 9.03. The number of urea groups is 1. The molecule has 1 fully saturated rings. The minimum absolute atomic E-state index is 0.247. The minimum Gasteiger partial charge on any atom is -0.350 e. The molecule has 1 unspecified atom stereocenters. The summed E-state index contributed by atoms with van der Waals surface area (Å²) in [6.07, 6.45) is 0. The van der Waals surface area contributed by atoms with Crippen molar-refractivity contribution >= 4 is 23.8 Å². The number of nitrogens with one attached hydrogen (secondary N) is 2. The molecule has 0 spiro atoms. The molecular formula is C13H21N3O4. The Bertz CT molecular complexity index is 451. The summed E-state index contributed by atoms with van der Waals surface area (Å²) in [7, 11) is 0. The van der Waals surface area contributed by atoms with Gasteiger partial charge in [-0.25, -0.2) is 4.79 Å². The Labute approximate surface area is 118 Å². The van der Waals surface area contributed by atoms with E-state index in [1.54, 1.807) is 34.6 Å². The summed E-state index contributed by atoms with van der Waals surface area (Å²) < 4.78 is 0. The first-order valence-corrected chi connectivity index (χ1v) is 6.50. The van der Waals surface area contributed by atoms with Crippen LogP contribution in [0.2, 0.25) is 0 Å². The molecule has 0 aromatic carbocycles. The second-order valence-electron chi connectivity index (χ2n) is 6.24. The fourth-order valence-corrected chi connectivity index (χ4v) is 1.97. The fourth-order valence-electron chi connectivity index (χ4n) is 1.97. The molecular weight excluding hydrogens is 262 g/mol. The zero-order valence-corrected chi connectivity index (χ0v) is 12.4. The lowest BCUT2D eigenvalue weighted by molar-refractivity contribution is -0.146. The topological polar surface area (TPSA) is 95.6 Å². The summed E-state index contributed by atoms with van der Waals surface area (Å²) in [6, 6.07) is -0.846. The van der Waals surface area contributed by atoms with E-state index in [4.69, 9.17) is 0 Å². The molecule has 0 aliphatic carbocycles. The highest BCUT2D eigenvalue weighted by atomic mass is 16.2. The zero-order chi connectivity index (χ0) is 15.7. The van der Waals surface area contributed by atoms with Crippen LogP contribution in [0, 0.1) is 11.8 Å². The van der Waals surface area contributed by atoms with Crippen LogP contribution in [0.1, 0.15) is 34.6 Å². The van der Waals surface area contributed by atoms with Crippen LogP contribution < -0.4 is 10.6 Å². The smallest absolute Gasteiger partial charge is 0.331 e. The van der Waals surface area contributed by atoms with Gasteiger partial charge in [-0.05, 0) is 26.7 Å². The van der Waals surface area contributed by atoms with Crippen molar-refractivity contribution in [2.45, 2.75) is 40.2 Å². The third-order valence-corrected chi connectivity index (χ3v) is 2.77. The molecule has 5 amide bonds. The number of amides is 5. The highest BCUT2D eigenvalue weighted by Gasteiger charge is 2.42. The fraction of sp³-hybridized carbons (Fsp3) is 0.692. The number of rotatable bonds is 3. The van der Waals surface area contributed by atoms with Gasteiger partial charge in [0, 0.05) is 5.54 Å². The predicted octanol–water partition coefficient (Wildman–Crippen LogP) is 0.252. The van der Waals surface area contributed by atoms with E-state index in [1.165, 1.54) is 0 Å². The molecule has 1 atom stereocenters. The van der Waals surface area contributed by atoms with E-state index in [9.17, 15) is 19.2 Å². The third-order valence-electron chi connectivity index (χ3n) is 2.77. The van der Waals surface area contributed by atoms with E-state index in [-0.39, 0.29) is 5.92 Å². The molecule has 1 rings (SSSR count). The molecule has 7 nitrogen and oxygen atoms in total. The maximum atomic E-state index is 12.2. The van der Waals surface area contributed by atoms with Crippen LogP contribution in [0.15, 0.2) is 0 Å². The van der Waals surface area contributed by atoms with Crippen molar-refractivity contribution in [3.05, 3.63) is 0 Å². The minimum atomic E-state index is -0.935. The Morgan fingerprint density at radius 2 is 1.85 bits per heavy atom. The molecule has 1 aliphatic heterocycles. The van der Waals surface area contributed by atoms with Crippen molar-refractivity contribution in [2.24, 2.45) is 11.8 Å². The zero-order valence-electron chi connectivity index (χ0n) is 12.4. The molecule has 0 bridgehead atoms. The Morgan fingerprint density at radius 1 is 1.30 bits per heavy atom. The lowest BCUT2D eigenvalue weighted by atomic mass is 9.92. The Balaban J connectivity index is 2.83. The normalized spacial score (nSPS) is 20.2. The van der Waals surface area contributed by atoms with Gasteiger partial charge >= 0.3 is 6.03 Å². The van der Waals surface area contributed by atoms with Gasteiger partial charge in [0.15, 0.2) is 0 Å². The van der Waals surface area contributed by atoms with E-state index >= 15 is 0 Å². The first-order valence-electron chi connectivity index (χ1n) is 6.50. The monoisotopic (exact) mass is 283 g/mol. The lowest BCUT2D eigenvalue weighted by Crippen LogP contribution is -2.61. The van der Waals surface area contributed by atoms with Crippen molar-refractivity contribution in [1.82, 2.24) is 15.5 Å². The summed E-state index contributed by atoms with van der Waals surface area (Å²) in [5.74, 6) is -2.86. The number of nitrogens with zero attached hydrogens (tertiary/aromatic N) is 1. The molecule has 112 valence electrons. The Hall–Kier alpha value is -1.92. The standard InChI is InChI=1S/C13H21N3O4/c1-7(2)9-10(18)14-12(20)16(11(9)19)6-8(17)15-13(3,4)5/h7,9H,6H2,1-5H3,(H,15,17)(H,14,18,20). The number of carbonyl (C=O) groups excluding carboxylic acids is 4. The first kappa shape index (κ1) is 16.1.